The molecular weight excluding hydrogens is 202 g/mol. The van der Waals surface area contributed by atoms with Crippen molar-refractivity contribution in [3.63, 3.8) is 0 Å². The molecule has 0 radical (unpaired) electrons. The molecular formula is C12H19N3O. The van der Waals surface area contributed by atoms with Gasteiger partial charge in [-0.2, -0.15) is 0 Å². The minimum absolute atomic E-state index is 0.00486. The van der Waals surface area contributed by atoms with Crippen molar-refractivity contribution in [1.29, 1.82) is 0 Å². The second kappa shape index (κ2) is 5.49. The number of nitrogens with two attached hydrogens (primary N) is 1. The molecule has 1 rings (SSSR count). The molecule has 0 fully saturated rings. The summed E-state index contributed by atoms with van der Waals surface area (Å²) in [6, 6.07) is 3.29. The predicted octanol–water partition coefficient (Wildman–Crippen LogP) is 1.78. The van der Waals surface area contributed by atoms with E-state index in [-0.39, 0.29) is 5.91 Å². The molecule has 0 atom stereocenters. The molecule has 0 aliphatic rings. The van der Waals surface area contributed by atoms with Crippen LogP contribution in [0.25, 0.3) is 0 Å². The van der Waals surface area contributed by atoms with Crippen LogP contribution in [0.15, 0.2) is 18.3 Å². The van der Waals surface area contributed by atoms with Crippen molar-refractivity contribution in [2.24, 2.45) is 5.92 Å². The molecule has 1 amide bonds. The maximum Gasteiger partial charge on any atom is 0.253 e. The topological polar surface area (TPSA) is 59.2 Å². The highest BCUT2D eigenvalue weighted by Gasteiger charge is 2.11. The number of carbonyl (C=O) groups excluding carboxylic acids is 1. The molecule has 16 heavy (non-hydrogen) atoms. The van der Waals surface area contributed by atoms with Crippen LogP contribution >= 0.6 is 0 Å². The largest absolute Gasteiger partial charge is 0.384 e. The fraction of sp³-hybridized carbons (Fsp3) is 0.500. The maximum absolute atomic E-state index is 12.0. The number of anilines is 1. The zero-order chi connectivity index (χ0) is 12.1. The molecule has 1 aromatic heterocycles. The highest BCUT2D eigenvalue weighted by molar-refractivity contribution is 5.94. The number of aromatic nitrogens is 1. The molecule has 0 aliphatic heterocycles. The van der Waals surface area contributed by atoms with Gasteiger partial charge in [-0.15, -0.1) is 0 Å². The standard InChI is InChI=1S/C12H19N3O/c1-9(2)5-7-15(3)12(16)10-4-6-14-11(13)8-10/h4,6,8-9H,5,7H2,1-3H3,(H2,13,14). The molecule has 1 heterocycles. The minimum atomic E-state index is -0.00486. The molecule has 88 valence electrons. The van der Waals surface area contributed by atoms with Crippen LogP contribution in [0, 0.1) is 5.92 Å². The Morgan fingerprint density at radius 2 is 2.25 bits per heavy atom. The smallest absolute Gasteiger partial charge is 0.253 e. The third-order valence-electron chi connectivity index (χ3n) is 2.42. The molecule has 0 bridgehead atoms. The SMILES string of the molecule is CC(C)CCN(C)C(=O)c1ccnc(N)c1. The van der Waals surface area contributed by atoms with E-state index in [4.69, 9.17) is 5.73 Å². The maximum atomic E-state index is 12.0. The van der Waals surface area contributed by atoms with E-state index in [1.807, 2.05) is 0 Å². The number of carbonyl (C=O) groups is 1. The van der Waals surface area contributed by atoms with Crippen LogP contribution in [0.1, 0.15) is 30.6 Å². The number of hydrogen-bond donors (Lipinski definition) is 1. The van der Waals surface area contributed by atoms with Gasteiger partial charge in [-0.25, -0.2) is 4.98 Å². The van der Waals surface area contributed by atoms with Crippen LogP contribution in [-0.2, 0) is 0 Å². The van der Waals surface area contributed by atoms with Crippen LogP contribution in [-0.4, -0.2) is 29.4 Å². The Labute approximate surface area is 96.5 Å². The third kappa shape index (κ3) is 3.53. The number of hydrogen-bond acceptors (Lipinski definition) is 3. The minimum Gasteiger partial charge on any atom is -0.384 e. The first-order chi connectivity index (χ1) is 7.50. The number of amides is 1. The molecule has 0 spiro atoms. The van der Waals surface area contributed by atoms with E-state index in [0.29, 0.717) is 17.3 Å². The van der Waals surface area contributed by atoms with E-state index in [0.717, 1.165) is 13.0 Å². The van der Waals surface area contributed by atoms with Gasteiger partial charge in [0, 0.05) is 25.4 Å². The number of rotatable bonds is 4. The molecule has 0 unspecified atom stereocenters. The lowest BCUT2D eigenvalue weighted by molar-refractivity contribution is 0.0789. The summed E-state index contributed by atoms with van der Waals surface area (Å²) in [4.78, 5) is 17.5. The van der Waals surface area contributed by atoms with Gasteiger partial charge in [0.2, 0.25) is 0 Å². The molecule has 2 N–H and O–H groups in total. The van der Waals surface area contributed by atoms with Gasteiger partial charge < -0.3 is 10.6 Å². The van der Waals surface area contributed by atoms with Crippen molar-refractivity contribution in [2.45, 2.75) is 20.3 Å². The summed E-state index contributed by atoms with van der Waals surface area (Å²) < 4.78 is 0. The van der Waals surface area contributed by atoms with Crippen LogP contribution < -0.4 is 5.73 Å². The summed E-state index contributed by atoms with van der Waals surface area (Å²) in [5, 5.41) is 0. The molecule has 4 heteroatoms. The van der Waals surface area contributed by atoms with Crippen LogP contribution in [0.3, 0.4) is 0 Å². The van der Waals surface area contributed by atoms with Gasteiger partial charge >= 0.3 is 0 Å². The van der Waals surface area contributed by atoms with Crippen LogP contribution in [0.5, 0.6) is 0 Å². The molecule has 0 saturated carbocycles. The summed E-state index contributed by atoms with van der Waals surface area (Å²) in [6.07, 6.45) is 2.56. The summed E-state index contributed by atoms with van der Waals surface area (Å²) in [7, 11) is 1.81. The first-order valence-corrected chi connectivity index (χ1v) is 5.47. The second-order valence-electron chi connectivity index (χ2n) is 4.38. The molecule has 0 saturated heterocycles. The number of pyridine rings is 1. The van der Waals surface area contributed by atoms with Gasteiger partial charge in [0.05, 0.1) is 0 Å². The van der Waals surface area contributed by atoms with Gasteiger partial charge in [0.15, 0.2) is 0 Å². The van der Waals surface area contributed by atoms with Crippen molar-refractivity contribution in [3.8, 4) is 0 Å². The zero-order valence-corrected chi connectivity index (χ0v) is 10.1. The van der Waals surface area contributed by atoms with Crippen LogP contribution in [0.2, 0.25) is 0 Å². The number of nitrogen functional groups attached to an aromatic ring is 1. The van der Waals surface area contributed by atoms with Crippen LogP contribution in [0.4, 0.5) is 5.82 Å². The predicted molar refractivity (Wildman–Crippen MR) is 65.1 cm³/mol. The Hall–Kier alpha value is -1.58. The third-order valence-corrected chi connectivity index (χ3v) is 2.42. The van der Waals surface area contributed by atoms with Gasteiger partial charge in [0.25, 0.3) is 5.91 Å². The van der Waals surface area contributed by atoms with E-state index in [1.165, 1.54) is 0 Å². The quantitative estimate of drug-likeness (QED) is 0.843. The average molecular weight is 221 g/mol. The monoisotopic (exact) mass is 221 g/mol. The van der Waals surface area contributed by atoms with Crippen molar-refractivity contribution < 1.29 is 4.79 Å². The van der Waals surface area contributed by atoms with Crippen molar-refractivity contribution >= 4 is 11.7 Å². The zero-order valence-electron chi connectivity index (χ0n) is 10.1. The molecule has 1 aromatic rings. The highest BCUT2D eigenvalue weighted by Crippen LogP contribution is 2.08. The van der Waals surface area contributed by atoms with Gasteiger partial charge in [-0.3, -0.25) is 4.79 Å². The van der Waals surface area contributed by atoms with E-state index in [1.54, 1.807) is 30.3 Å². The Balaban J connectivity index is 2.63. The summed E-state index contributed by atoms with van der Waals surface area (Å²) in [5.74, 6) is 0.968. The van der Waals surface area contributed by atoms with Gasteiger partial charge in [-0.1, -0.05) is 13.8 Å². The van der Waals surface area contributed by atoms with Gasteiger partial charge in [-0.05, 0) is 24.5 Å². The van der Waals surface area contributed by atoms with Gasteiger partial charge in [0.1, 0.15) is 5.82 Å². The van der Waals surface area contributed by atoms with E-state index in [9.17, 15) is 4.79 Å². The fourth-order valence-corrected chi connectivity index (χ4v) is 1.36. The average Bonchev–Trinajstić information content (AvgIpc) is 2.24. The molecule has 4 nitrogen and oxygen atoms in total. The molecule has 0 aliphatic carbocycles. The Morgan fingerprint density at radius 3 is 2.81 bits per heavy atom. The van der Waals surface area contributed by atoms with E-state index >= 15 is 0 Å². The summed E-state index contributed by atoms with van der Waals surface area (Å²) in [5.41, 5.74) is 6.13. The Bertz CT molecular complexity index is 363. The Morgan fingerprint density at radius 1 is 1.56 bits per heavy atom. The lowest BCUT2D eigenvalue weighted by Crippen LogP contribution is -2.28. The lowest BCUT2D eigenvalue weighted by Gasteiger charge is -2.18. The first kappa shape index (κ1) is 12.5. The molecule has 0 aromatic carbocycles. The second-order valence-corrected chi connectivity index (χ2v) is 4.38. The number of nitrogens with zero attached hydrogens (tertiary/aromatic N) is 2. The first-order valence-electron chi connectivity index (χ1n) is 5.47. The summed E-state index contributed by atoms with van der Waals surface area (Å²) in [6.45, 7) is 5.05. The highest BCUT2D eigenvalue weighted by atomic mass is 16.2. The van der Waals surface area contributed by atoms with Crippen molar-refractivity contribution in [2.75, 3.05) is 19.3 Å². The fourth-order valence-electron chi connectivity index (χ4n) is 1.36. The summed E-state index contributed by atoms with van der Waals surface area (Å²) >= 11 is 0. The normalized spacial score (nSPS) is 10.5. The van der Waals surface area contributed by atoms with E-state index < -0.39 is 0 Å². The van der Waals surface area contributed by atoms with Crippen molar-refractivity contribution in [1.82, 2.24) is 9.88 Å². The lowest BCUT2D eigenvalue weighted by atomic mass is 10.1. The van der Waals surface area contributed by atoms with Crippen molar-refractivity contribution in [3.05, 3.63) is 23.9 Å². The van der Waals surface area contributed by atoms with E-state index in [2.05, 4.69) is 18.8 Å². The Kier molecular flexibility index (Phi) is 4.28.